The number of rotatable bonds is 14. The predicted molar refractivity (Wildman–Crippen MR) is 143 cm³/mol. The molecule has 3 aromatic rings. The Labute approximate surface area is 218 Å². The first-order valence-corrected chi connectivity index (χ1v) is 14.2. The van der Waals surface area contributed by atoms with Gasteiger partial charge < -0.3 is 19.7 Å². The normalized spacial score (nSPS) is 12.2. The van der Waals surface area contributed by atoms with E-state index in [0.717, 1.165) is 6.42 Å². The lowest BCUT2D eigenvalue weighted by Crippen LogP contribution is -2.35. The molecule has 37 heavy (non-hydrogen) atoms. The predicted octanol–water partition coefficient (Wildman–Crippen LogP) is 1.93. The summed E-state index contributed by atoms with van der Waals surface area (Å²) < 4.78 is 35.7. The van der Waals surface area contributed by atoms with Crippen molar-refractivity contribution in [3.05, 3.63) is 40.1 Å². The molecule has 0 spiro atoms. The molecule has 0 fully saturated rings. The van der Waals surface area contributed by atoms with E-state index in [2.05, 4.69) is 15.1 Å². The van der Waals surface area contributed by atoms with Gasteiger partial charge in [-0.15, -0.1) is 5.10 Å². The Balaban J connectivity index is 2.15. The molecule has 2 aromatic heterocycles. The fourth-order valence-electron chi connectivity index (χ4n) is 4.20. The molecule has 11 nitrogen and oxygen atoms in total. The minimum Gasteiger partial charge on any atom is -0.493 e. The van der Waals surface area contributed by atoms with Gasteiger partial charge in [-0.3, -0.25) is 4.79 Å². The van der Waals surface area contributed by atoms with E-state index in [1.54, 1.807) is 10.6 Å². The van der Waals surface area contributed by atoms with Crippen molar-refractivity contribution in [3.8, 4) is 17.1 Å². The number of imidazole rings is 1. The minimum absolute atomic E-state index is 0.0193. The van der Waals surface area contributed by atoms with Gasteiger partial charge in [0.2, 0.25) is 10.0 Å². The average molecular weight is 535 g/mol. The summed E-state index contributed by atoms with van der Waals surface area (Å²) >= 11 is 0. The van der Waals surface area contributed by atoms with Gasteiger partial charge in [0, 0.05) is 19.5 Å². The summed E-state index contributed by atoms with van der Waals surface area (Å²) in [7, 11) is -0.0913. The van der Waals surface area contributed by atoms with Crippen LogP contribution in [-0.4, -0.2) is 89.3 Å². The number of hydrogen-bond acceptors (Lipinski definition) is 8. The van der Waals surface area contributed by atoms with Gasteiger partial charge in [-0.1, -0.05) is 13.8 Å². The Kier molecular flexibility index (Phi) is 9.82. The number of aromatic amines is 1. The maximum absolute atomic E-state index is 13.6. The van der Waals surface area contributed by atoms with Crippen molar-refractivity contribution in [3.63, 3.8) is 0 Å². The minimum atomic E-state index is -3.93. The maximum Gasteiger partial charge on any atom is 0.277 e. The molecule has 0 atom stereocenters. The zero-order valence-electron chi connectivity index (χ0n) is 22.3. The number of aliphatic hydroxyl groups is 1. The molecular weight excluding hydrogens is 496 g/mol. The van der Waals surface area contributed by atoms with E-state index < -0.39 is 10.0 Å². The molecule has 0 amide bonds. The van der Waals surface area contributed by atoms with Gasteiger partial charge in [-0.2, -0.15) is 4.31 Å². The third kappa shape index (κ3) is 6.38. The van der Waals surface area contributed by atoms with Crippen molar-refractivity contribution in [2.45, 2.75) is 51.3 Å². The third-order valence-corrected chi connectivity index (χ3v) is 7.85. The standard InChI is InChI=1S/C25H38N6O5S/c1-6-10-22-26-20(7-2)23-25(33)27-24(28-31(22)23)19-17-18(11-12-21(19)36-8-3)37(34,35)30(15-16-32)14-9-13-29(4)5/h11-12,17,32H,6-10,13-16H2,1-5H3,(H,27,28,33). The van der Waals surface area contributed by atoms with E-state index in [0.29, 0.717) is 60.8 Å². The van der Waals surface area contributed by atoms with Crippen LogP contribution in [0.1, 0.15) is 45.1 Å². The van der Waals surface area contributed by atoms with E-state index in [-0.39, 0.29) is 36.0 Å². The van der Waals surface area contributed by atoms with Crippen LogP contribution in [0.4, 0.5) is 0 Å². The number of H-pyrrole nitrogens is 1. The molecule has 12 heteroatoms. The van der Waals surface area contributed by atoms with Gasteiger partial charge >= 0.3 is 0 Å². The van der Waals surface area contributed by atoms with E-state index in [1.807, 2.05) is 39.8 Å². The first kappa shape index (κ1) is 28.8. The van der Waals surface area contributed by atoms with Gasteiger partial charge in [0.25, 0.3) is 5.56 Å². The summed E-state index contributed by atoms with van der Waals surface area (Å²) in [5, 5.41) is 14.2. The van der Waals surface area contributed by atoms with Crippen LogP contribution in [0.15, 0.2) is 27.9 Å². The number of sulfonamides is 1. The summed E-state index contributed by atoms with van der Waals surface area (Å²) in [6, 6.07) is 4.52. The number of hydrogen-bond donors (Lipinski definition) is 2. The molecule has 2 N–H and O–H groups in total. The Morgan fingerprint density at radius 2 is 1.89 bits per heavy atom. The van der Waals surface area contributed by atoms with E-state index >= 15 is 0 Å². The van der Waals surface area contributed by atoms with Crippen molar-refractivity contribution in [2.75, 3.05) is 46.9 Å². The summed E-state index contributed by atoms with van der Waals surface area (Å²) in [4.78, 5) is 22.6. The highest BCUT2D eigenvalue weighted by Gasteiger charge is 2.26. The molecule has 0 aliphatic carbocycles. The Hall–Kier alpha value is -2.80. The fraction of sp³-hybridized carbons (Fsp3) is 0.560. The van der Waals surface area contributed by atoms with E-state index in [4.69, 9.17) is 4.74 Å². The topological polar surface area (TPSA) is 133 Å². The molecule has 0 radical (unpaired) electrons. The quantitative estimate of drug-likeness (QED) is 0.321. The van der Waals surface area contributed by atoms with Crippen molar-refractivity contribution in [2.24, 2.45) is 0 Å². The van der Waals surface area contributed by atoms with Crippen LogP contribution in [0.2, 0.25) is 0 Å². The molecule has 3 rings (SSSR count). The zero-order valence-corrected chi connectivity index (χ0v) is 23.1. The molecule has 1 aromatic carbocycles. The number of fused-ring (bicyclic) bond motifs is 1. The smallest absolute Gasteiger partial charge is 0.277 e. The number of nitrogens with zero attached hydrogens (tertiary/aromatic N) is 5. The van der Waals surface area contributed by atoms with Crippen LogP contribution in [0.25, 0.3) is 16.9 Å². The molecule has 2 heterocycles. The number of ether oxygens (including phenoxy) is 1. The lowest BCUT2D eigenvalue weighted by molar-refractivity contribution is 0.248. The first-order chi connectivity index (χ1) is 17.7. The maximum atomic E-state index is 13.6. The summed E-state index contributed by atoms with van der Waals surface area (Å²) in [6.45, 7) is 6.79. The van der Waals surface area contributed by atoms with Crippen molar-refractivity contribution >= 4 is 15.5 Å². The van der Waals surface area contributed by atoms with Crippen molar-refractivity contribution in [1.82, 2.24) is 28.8 Å². The number of aryl methyl sites for hydroxylation is 2. The highest BCUT2D eigenvalue weighted by Crippen LogP contribution is 2.31. The molecule has 0 aliphatic rings. The second-order valence-electron chi connectivity index (χ2n) is 9.02. The molecule has 0 saturated heterocycles. The molecule has 0 bridgehead atoms. The second kappa shape index (κ2) is 12.6. The van der Waals surface area contributed by atoms with Gasteiger partial charge in [0.1, 0.15) is 11.6 Å². The highest BCUT2D eigenvalue weighted by molar-refractivity contribution is 7.89. The number of aromatic nitrogens is 4. The fourth-order valence-corrected chi connectivity index (χ4v) is 5.70. The lowest BCUT2D eigenvalue weighted by Gasteiger charge is -2.23. The van der Waals surface area contributed by atoms with Gasteiger partial charge in [-0.05, 0) is 65.0 Å². The van der Waals surface area contributed by atoms with Crippen LogP contribution >= 0.6 is 0 Å². The zero-order chi connectivity index (χ0) is 27.2. The second-order valence-corrected chi connectivity index (χ2v) is 11.0. The average Bonchev–Trinajstić information content (AvgIpc) is 3.22. The van der Waals surface area contributed by atoms with Crippen molar-refractivity contribution < 1.29 is 18.3 Å². The van der Waals surface area contributed by atoms with Crippen LogP contribution < -0.4 is 10.3 Å². The number of benzene rings is 1. The van der Waals surface area contributed by atoms with Gasteiger partial charge in [-0.25, -0.2) is 17.9 Å². The van der Waals surface area contributed by atoms with Crippen LogP contribution in [-0.2, 0) is 22.9 Å². The van der Waals surface area contributed by atoms with Crippen LogP contribution in [0, 0.1) is 0 Å². The molecule has 0 aliphatic heterocycles. The summed E-state index contributed by atoms with van der Waals surface area (Å²) in [6.07, 6.45) is 2.68. The first-order valence-electron chi connectivity index (χ1n) is 12.7. The Bertz CT molecular complexity index is 1370. The van der Waals surface area contributed by atoms with E-state index in [9.17, 15) is 18.3 Å². The molecular formula is C25H38N6O5S. The summed E-state index contributed by atoms with van der Waals surface area (Å²) in [5.41, 5.74) is 1.07. The molecule has 0 saturated carbocycles. The molecule has 0 unspecified atom stereocenters. The largest absolute Gasteiger partial charge is 0.493 e. The van der Waals surface area contributed by atoms with Gasteiger partial charge in [0.15, 0.2) is 11.3 Å². The Morgan fingerprint density at radius 3 is 2.51 bits per heavy atom. The third-order valence-electron chi connectivity index (χ3n) is 5.96. The van der Waals surface area contributed by atoms with Crippen LogP contribution in [0.5, 0.6) is 5.75 Å². The van der Waals surface area contributed by atoms with Crippen LogP contribution in [0.3, 0.4) is 0 Å². The van der Waals surface area contributed by atoms with E-state index in [1.165, 1.54) is 16.4 Å². The summed E-state index contributed by atoms with van der Waals surface area (Å²) in [5.74, 6) is 1.27. The monoisotopic (exact) mass is 534 g/mol. The SMILES string of the molecule is CCCc1nc(CC)c2c(=O)[nH]c(-c3cc(S(=O)(=O)N(CCO)CCCN(C)C)ccc3OCC)nn12. The Morgan fingerprint density at radius 1 is 1.14 bits per heavy atom. The molecule has 204 valence electrons. The number of aliphatic hydroxyl groups excluding tert-OH is 1. The number of nitrogens with one attached hydrogen (secondary N) is 1. The lowest BCUT2D eigenvalue weighted by atomic mass is 10.2. The van der Waals surface area contributed by atoms with Crippen molar-refractivity contribution in [1.29, 1.82) is 0 Å². The van der Waals surface area contributed by atoms with Gasteiger partial charge in [0.05, 0.1) is 29.4 Å². The highest BCUT2D eigenvalue weighted by atomic mass is 32.2.